The van der Waals surface area contributed by atoms with E-state index in [1.165, 1.54) is 26.2 Å². The van der Waals surface area contributed by atoms with Gasteiger partial charge in [-0.05, 0) is 13.8 Å². The van der Waals surface area contributed by atoms with E-state index in [1.807, 2.05) is 0 Å². The maximum absolute atomic E-state index is 11.7. The van der Waals surface area contributed by atoms with Gasteiger partial charge in [0.2, 0.25) is 5.88 Å². The average Bonchev–Trinajstić information content (AvgIpc) is 2.25. The van der Waals surface area contributed by atoms with Crippen LogP contribution < -0.4 is 4.74 Å². The van der Waals surface area contributed by atoms with Gasteiger partial charge in [0.15, 0.2) is 5.15 Å². The molecule has 1 amide bonds. The van der Waals surface area contributed by atoms with Crippen molar-refractivity contribution in [3.63, 3.8) is 0 Å². The molecule has 7 heteroatoms. The molecule has 0 spiro atoms. The standard InChI is InChI=1S/C12H16ClN3O3/c1-12(2,18)11(17)16-5-8(6-16)7-19-10-4-14-3-9(13)15-10/h3-4,8,18H,5-7H2,1-2H3. The summed E-state index contributed by atoms with van der Waals surface area (Å²) >= 11 is 5.69. The molecule has 2 heterocycles. The third-order valence-electron chi connectivity index (χ3n) is 2.82. The molecule has 19 heavy (non-hydrogen) atoms. The van der Waals surface area contributed by atoms with Gasteiger partial charge in [0, 0.05) is 19.0 Å². The number of hydrogen-bond donors (Lipinski definition) is 1. The van der Waals surface area contributed by atoms with Gasteiger partial charge in [-0.3, -0.25) is 9.78 Å². The Morgan fingerprint density at radius 1 is 1.58 bits per heavy atom. The highest BCUT2D eigenvalue weighted by molar-refractivity contribution is 6.29. The van der Waals surface area contributed by atoms with Gasteiger partial charge in [0.1, 0.15) is 5.60 Å². The number of nitrogens with zero attached hydrogens (tertiary/aromatic N) is 3. The van der Waals surface area contributed by atoms with Crippen LogP contribution in [0.15, 0.2) is 12.4 Å². The number of rotatable bonds is 4. The van der Waals surface area contributed by atoms with E-state index in [1.54, 1.807) is 4.90 Å². The first-order valence-corrected chi connectivity index (χ1v) is 6.36. The van der Waals surface area contributed by atoms with Crippen LogP contribution in [0, 0.1) is 5.92 Å². The third kappa shape index (κ3) is 3.54. The summed E-state index contributed by atoms with van der Waals surface area (Å²) in [5, 5.41) is 9.87. The number of carbonyl (C=O) groups is 1. The number of amides is 1. The van der Waals surface area contributed by atoms with E-state index < -0.39 is 5.60 Å². The average molecular weight is 286 g/mol. The molecule has 0 atom stereocenters. The van der Waals surface area contributed by atoms with E-state index in [4.69, 9.17) is 16.3 Å². The van der Waals surface area contributed by atoms with Crippen molar-refractivity contribution < 1.29 is 14.6 Å². The predicted molar refractivity (Wildman–Crippen MR) is 68.9 cm³/mol. The summed E-state index contributed by atoms with van der Waals surface area (Å²) in [7, 11) is 0. The Kier molecular flexibility index (Phi) is 3.91. The van der Waals surface area contributed by atoms with Crippen LogP contribution in [0.1, 0.15) is 13.8 Å². The fourth-order valence-corrected chi connectivity index (χ4v) is 1.97. The minimum atomic E-state index is -1.32. The highest BCUT2D eigenvalue weighted by Crippen LogP contribution is 2.21. The zero-order chi connectivity index (χ0) is 14.0. The van der Waals surface area contributed by atoms with Gasteiger partial charge in [0.25, 0.3) is 5.91 Å². The largest absolute Gasteiger partial charge is 0.476 e. The van der Waals surface area contributed by atoms with Crippen molar-refractivity contribution in [2.24, 2.45) is 5.92 Å². The van der Waals surface area contributed by atoms with Crippen LogP contribution in [0.2, 0.25) is 5.15 Å². The lowest BCUT2D eigenvalue weighted by molar-refractivity contribution is -0.155. The number of hydrogen-bond acceptors (Lipinski definition) is 5. The third-order valence-corrected chi connectivity index (χ3v) is 3.00. The number of likely N-dealkylation sites (tertiary alicyclic amines) is 1. The molecule has 0 unspecified atom stereocenters. The Bertz CT molecular complexity index is 470. The van der Waals surface area contributed by atoms with Gasteiger partial charge in [-0.1, -0.05) is 11.6 Å². The molecule has 0 bridgehead atoms. The van der Waals surface area contributed by atoms with Crippen molar-refractivity contribution in [1.82, 2.24) is 14.9 Å². The summed E-state index contributed by atoms with van der Waals surface area (Å²) < 4.78 is 5.45. The Labute approximate surface area is 116 Å². The molecule has 6 nitrogen and oxygen atoms in total. The van der Waals surface area contributed by atoms with E-state index in [9.17, 15) is 9.90 Å². The van der Waals surface area contributed by atoms with Crippen LogP contribution in [-0.2, 0) is 4.79 Å². The van der Waals surface area contributed by atoms with Gasteiger partial charge in [-0.25, -0.2) is 0 Å². The van der Waals surface area contributed by atoms with Crippen LogP contribution in [0.25, 0.3) is 0 Å². The van der Waals surface area contributed by atoms with E-state index in [0.29, 0.717) is 25.6 Å². The van der Waals surface area contributed by atoms with Crippen LogP contribution in [0.4, 0.5) is 0 Å². The summed E-state index contributed by atoms with van der Waals surface area (Å²) in [5.41, 5.74) is -1.32. The molecule has 0 aliphatic carbocycles. The Hall–Kier alpha value is -1.40. The Balaban J connectivity index is 1.75. The fourth-order valence-electron chi connectivity index (χ4n) is 1.83. The molecule has 1 aliphatic heterocycles. The number of ether oxygens (including phenoxy) is 1. The first-order chi connectivity index (χ1) is 8.86. The molecular weight excluding hydrogens is 270 g/mol. The maximum Gasteiger partial charge on any atom is 0.253 e. The summed E-state index contributed by atoms with van der Waals surface area (Å²) in [5.74, 6) is 0.359. The first kappa shape index (κ1) is 14.0. The number of aromatic nitrogens is 2. The molecule has 1 aromatic rings. The minimum absolute atomic E-state index is 0.243. The molecule has 0 saturated carbocycles. The molecule has 1 N–H and O–H groups in total. The zero-order valence-corrected chi connectivity index (χ0v) is 11.6. The van der Waals surface area contributed by atoms with Crippen LogP contribution in [0.3, 0.4) is 0 Å². The van der Waals surface area contributed by atoms with Crippen molar-refractivity contribution in [3.8, 4) is 5.88 Å². The molecule has 1 fully saturated rings. The molecule has 1 saturated heterocycles. The van der Waals surface area contributed by atoms with Crippen molar-refractivity contribution in [3.05, 3.63) is 17.5 Å². The van der Waals surface area contributed by atoms with E-state index in [0.717, 1.165) is 0 Å². The van der Waals surface area contributed by atoms with Gasteiger partial charge < -0.3 is 14.7 Å². The molecule has 0 aromatic carbocycles. The monoisotopic (exact) mass is 285 g/mol. The molecule has 104 valence electrons. The van der Waals surface area contributed by atoms with E-state index >= 15 is 0 Å². The van der Waals surface area contributed by atoms with Crippen molar-refractivity contribution in [2.45, 2.75) is 19.4 Å². The van der Waals surface area contributed by atoms with Crippen LogP contribution in [0.5, 0.6) is 5.88 Å². The second kappa shape index (κ2) is 5.30. The van der Waals surface area contributed by atoms with Gasteiger partial charge in [0.05, 0.1) is 19.0 Å². The molecule has 2 rings (SSSR count). The SMILES string of the molecule is CC(C)(O)C(=O)N1CC(COc2cncc(Cl)n2)C1. The fraction of sp³-hybridized carbons (Fsp3) is 0.583. The lowest BCUT2D eigenvalue weighted by atomic mass is 9.97. The first-order valence-electron chi connectivity index (χ1n) is 5.98. The Morgan fingerprint density at radius 3 is 2.84 bits per heavy atom. The maximum atomic E-state index is 11.7. The van der Waals surface area contributed by atoms with E-state index in [2.05, 4.69) is 9.97 Å². The normalized spacial score (nSPS) is 16.1. The summed E-state index contributed by atoms with van der Waals surface area (Å²) in [4.78, 5) is 21.1. The number of halogens is 1. The van der Waals surface area contributed by atoms with Crippen LogP contribution in [-0.4, -0.2) is 51.2 Å². The molecule has 1 aromatic heterocycles. The van der Waals surface area contributed by atoms with E-state index in [-0.39, 0.29) is 17.0 Å². The molecule has 1 aliphatic rings. The molecular formula is C12H16ClN3O3. The lowest BCUT2D eigenvalue weighted by Gasteiger charge is -2.41. The number of aliphatic hydroxyl groups is 1. The van der Waals surface area contributed by atoms with Crippen LogP contribution >= 0.6 is 11.6 Å². The summed E-state index contributed by atoms with van der Waals surface area (Å²) in [6, 6.07) is 0. The van der Waals surface area contributed by atoms with Gasteiger partial charge in [-0.2, -0.15) is 4.98 Å². The highest BCUT2D eigenvalue weighted by atomic mass is 35.5. The summed E-state index contributed by atoms with van der Waals surface area (Å²) in [6.45, 7) is 4.58. The topological polar surface area (TPSA) is 75.5 Å². The smallest absolute Gasteiger partial charge is 0.253 e. The van der Waals surface area contributed by atoms with Crippen molar-refractivity contribution in [1.29, 1.82) is 0 Å². The van der Waals surface area contributed by atoms with Crippen molar-refractivity contribution >= 4 is 17.5 Å². The molecule has 0 radical (unpaired) electrons. The predicted octanol–water partition coefficient (Wildman–Crippen LogP) is 0.738. The Morgan fingerprint density at radius 2 is 2.26 bits per heavy atom. The second-order valence-corrected chi connectivity index (χ2v) is 5.51. The summed E-state index contributed by atoms with van der Waals surface area (Å²) in [6.07, 6.45) is 2.92. The highest BCUT2D eigenvalue weighted by Gasteiger charge is 2.37. The minimum Gasteiger partial charge on any atom is -0.476 e. The quantitative estimate of drug-likeness (QED) is 0.883. The number of carbonyl (C=O) groups excluding carboxylic acids is 1. The second-order valence-electron chi connectivity index (χ2n) is 5.13. The van der Waals surface area contributed by atoms with Crippen molar-refractivity contribution in [2.75, 3.05) is 19.7 Å². The lowest BCUT2D eigenvalue weighted by Crippen LogP contribution is -2.57. The zero-order valence-electron chi connectivity index (χ0n) is 10.8. The van der Waals surface area contributed by atoms with Gasteiger partial charge in [-0.15, -0.1) is 0 Å². The van der Waals surface area contributed by atoms with Gasteiger partial charge >= 0.3 is 0 Å².